The molecule has 0 radical (unpaired) electrons. The number of pyridine rings is 1. The molecule has 1 N–H and O–H groups in total. The third kappa shape index (κ3) is 2.99. The van der Waals surface area contributed by atoms with Gasteiger partial charge in [-0.1, -0.05) is 28.1 Å². The third-order valence-electron chi connectivity index (χ3n) is 3.41. The molecule has 108 valence electrons. The maximum Gasteiger partial charge on any atom is 0.211 e. The number of aromatic nitrogens is 2. The number of benzene rings is 1. The Bertz CT molecular complexity index is 769. The van der Waals surface area contributed by atoms with Gasteiger partial charge in [-0.25, -0.2) is 4.98 Å². The molecule has 0 spiro atoms. The average molecular weight is 346 g/mol. The quantitative estimate of drug-likeness (QED) is 0.771. The molecule has 0 bridgehead atoms. The van der Waals surface area contributed by atoms with Crippen LogP contribution in [-0.2, 0) is 6.54 Å². The van der Waals surface area contributed by atoms with E-state index < -0.39 is 0 Å². The van der Waals surface area contributed by atoms with Crippen molar-refractivity contribution in [1.29, 1.82) is 0 Å². The van der Waals surface area contributed by atoms with Gasteiger partial charge in [0, 0.05) is 22.6 Å². The van der Waals surface area contributed by atoms with E-state index in [1.165, 1.54) is 0 Å². The van der Waals surface area contributed by atoms with Gasteiger partial charge in [0.05, 0.1) is 17.8 Å². The monoisotopic (exact) mass is 345 g/mol. The van der Waals surface area contributed by atoms with Crippen molar-refractivity contribution in [2.45, 2.75) is 26.4 Å². The fraction of sp³-hybridized carbons (Fsp3) is 0.250. The summed E-state index contributed by atoms with van der Waals surface area (Å²) in [6.07, 6.45) is 3.56. The molecule has 1 aromatic carbocycles. The van der Waals surface area contributed by atoms with Gasteiger partial charge in [-0.05, 0) is 31.5 Å². The lowest BCUT2D eigenvalue weighted by molar-refractivity contribution is 0.402. The zero-order chi connectivity index (χ0) is 14.8. The van der Waals surface area contributed by atoms with E-state index in [1.54, 1.807) is 6.20 Å². The second-order valence-corrected chi connectivity index (χ2v) is 5.87. The Morgan fingerprint density at radius 3 is 2.90 bits per heavy atom. The van der Waals surface area contributed by atoms with Crippen LogP contribution in [0.4, 0.5) is 0 Å². The van der Waals surface area contributed by atoms with Gasteiger partial charge >= 0.3 is 0 Å². The number of nitrogens with one attached hydrogen (secondary N) is 1. The van der Waals surface area contributed by atoms with E-state index in [2.05, 4.69) is 49.4 Å². The van der Waals surface area contributed by atoms with Gasteiger partial charge < -0.3 is 9.73 Å². The number of fused-ring (bicyclic) bond motifs is 1. The summed E-state index contributed by atoms with van der Waals surface area (Å²) in [7, 11) is 0. The molecule has 1 unspecified atom stereocenters. The van der Waals surface area contributed by atoms with Crippen LogP contribution < -0.4 is 5.32 Å². The van der Waals surface area contributed by atoms with Crippen molar-refractivity contribution in [3.63, 3.8) is 0 Å². The van der Waals surface area contributed by atoms with Crippen LogP contribution in [-0.4, -0.2) is 9.97 Å². The van der Waals surface area contributed by atoms with Crippen LogP contribution in [0.15, 0.2) is 45.5 Å². The summed E-state index contributed by atoms with van der Waals surface area (Å²) in [5.74, 6) is 1.54. The van der Waals surface area contributed by atoms with Crippen LogP contribution in [0.3, 0.4) is 0 Å². The molecule has 0 saturated carbocycles. The van der Waals surface area contributed by atoms with E-state index in [0.717, 1.165) is 26.7 Å². The van der Waals surface area contributed by atoms with Crippen LogP contribution in [0.25, 0.3) is 10.9 Å². The van der Waals surface area contributed by atoms with Gasteiger partial charge in [0.15, 0.2) is 0 Å². The fourth-order valence-electron chi connectivity index (χ4n) is 2.26. The Kier molecular flexibility index (Phi) is 4.03. The Labute approximate surface area is 131 Å². The lowest BCUT2D eigenvalue weighted by Crippen LogP contribution is -2.18. The predicted molar refractivity (Wildman–Crippen MR) is 85.9 cm³/mol. The summed E-state index contributed by atoms with van der Waals surface area (Å²) in [5.41, 5.74) is 2.17. The number of hydrogen-bond donors (Lipinski definition) is 1. The van der Waals surface area contributed by atoms with Gasteiger partial charge in [-0.3, -0.25) is 4.98 Å². The number of oxazole rings is 1. The number of halogens is 1. The van der Waals surface area contributed by atoms with Crippen molar-refractivity contribution in [2.24, 2.45) is 0 Å². The van der Waals surface area contributed by atoms with E-state index >= 15 is 0 Å². The lowest BCUT2D eigenvalue weighted by Gasteiger charge is -2.12. The van der Waals surface area contributed by atoms with E-state index in [9.17, 15) is 0 Å². The van der Waals surface area contributed by atoms with E-state index in [-0.39, 0.29) is 6.04 Å². The summed E-state index contributed by atoms with van der Waals surface area (Å²) in [6.45, 7) is 4.65. The minimum atomic E-state index is 0.0566. The van der Waals surface area contributed by atoms with Crippen molar-refractivity contribution in [3.8, 4) is 0 Å². The molecule has 3 aromatic rings. The highest BCUT2D eigenvalue weighted by Gasteiger charge is 2.12. The molecule has 4 nitrogen and oxygen atoms in total. The van der Waals surface area contributed by atoms with Crippen molar-refractivity contribution in [3.05, 3.63) is 58.3 Å². The molecule has 0 aliphatic heterocycles. The van der Waals surface area contributed by atoms with Crippen LogP contribution in [0.5, 0.6) is 0 Å². The van der Waals surface area contributed by atoms with Crippen LogP contribution in [0.2, 0.25) is 0 Å². The topological polar surface area (TPSA) is 51.0 Å². The van der Waals surface area contributed by atoms with Crippen LogP contribution >= 0.6 is 15.9 Å². The molecule has 3 rings (SSSR count). The SMILES string of the molecule is Cc1cnc(C(C)NCc2ccc(Br)c3cccnc23)o1. The highest BCUT2D eigenvalue weighted by Crippen LogP contribution is 2.25. The molecule has 0 amide bonds. The first-order chi connectivity index (χ1) is 10.1. The Morgan fingerprint density at radius 2 is 2.14 bits per heavy atom. The second-order valence-electron chi connectivity index (χ2n) is 5.02. The van der Waals surface area contributed by atoms with Crippen molar-refractivity contribution in [1.82, 2.24) is 15.3 Å². The maximum atomic E-state index is 5.54. The largest absolute Gasteiger partial charge is 0.444 e. The number of nitrogens with zero attached hydrogens (tertiary/aromatic N) is 2. The minimum absolute atomic E-state index is 0.0566. The molecule has 0 fully saturated rings. The molecular formula is C16H16BrN3O. The number of hydrogen-bond acceptors (Lipinski definition) is 4. The summed E-state index contributed by atoms with van der Waals surface area (Å²) < 4.78 is 6.60. The molecule has 5 heteroatoms. The maximum absolute atomic E-state index is 5.54. The van der Waals surface area contributed by atoms with E-state index in [4.69, 9.17) is 4.42 Å². The molecule has 1 atom stereocenters. The van der Waals surface area contributed by atoms with Crippen LogP contribution in [0.1, 0.15) is 30.2 Å². The normalized spacial score (nSPS) is 12.7. The molecule has 2 aromatic heterocycles. The number of aryl methyl sites for hydroxylation is 1. The highest BCUT2D eigenvalue weighted by molar-refractivity contribution is 9.10. The minimum Gasteiger partial charge on any atom is -0.444 e. The van der Waals surface area contributed by atoms with Gasteiger partial charge in [-0.15, -0.1) is 0 Å². The Hall–Kier alpha value is -1.72. The third-order valence-corrected chi connectivity index (χ3v) is 4.10. The van der Waals surface area contributed by atoms with Crippen LogP contribution in [0, 0.1) is 6.92 Å². The fourth-order valence-corrected chi connectivity index (χ4v) is 2.71. The molecular weight excluding hydrogens is 330 g/mol. The summed E-state index contributed by atoms with van der Waals surface area (Å²) in [4.78, 5) is 8.74. The smallest absolute Gasteiger partial charge is 0.211 e. The van der Waals surface area contributed by atoms with Crippen molar-refractivity contribution >= 4 is 26.8 Å². The molecule has 2 heterocycles. The lowest BCUT2D eigenvalue weighted by atomic mass is 10.1. The zero-order valence-electron chi connectivity index (χ0n) is 11.9. The first-order valence-electron chi connectivity index (χ1n) is 6.83. The molecule has 0 saturated heterocycles. The van der Waals surface area contributed by atoms with Gasteiger partial charge in [0.2, 0.25) is 5.89 Å². The zero-order valence-corrected chi connectivity index (χ0v) is 13.5. The van der Waals surface area contributed by atoms with Gasteiger partial charge in [0.1, 0.15) is 5.76 Å². The Balaban J connectivity index is 1.81. The summed E-state index contributed by atoms with van der Waals surface area (Å²) >= 11 is 3.57. The standard InChI is InChI=1S/C16H16BrN3O/c1-10-8-20-16(21-10)11(2)19-9-12-5-6-14(17)13-4-3-7-18-15(12)13/h3-8,11,19H,9H2,1-2H3. The van der Waals surface area contributed by atoms with Gasteiger partial charge in [-0.2, -0.15) is 0 Å². The summed E-state index contributed by atoms with van der Waals surface area (Å²) in [5, 5.41) is 4.55. The summed E-state index contributed by atoms with van der Waals surface area (Å²) in [6, 6.07) is 8.21. The first-order valence-corrected chi connectivity index (χ1v) is 7.62. The predicted octanol–water partition coefficient (Wildman–Crippen LogP) is 4.14. The van der Waals surface area contributed by atoms with Crippen molar-refractivity contribution in [2.75, 3.05) is 0 Å². The first kappa shape index (κ1) is 14.2. The highest BCUT2D eigenvalue weighted by atomic mass is 79.9. The second kappa shape index (κ2) is 5.95. The molecule has 21 heavy (non-hydrogen) atoms. The number of rotatable bonds is 4. The molecule has 0 aliphatic rings. The Morgan fingerprint density at radius 1 is 1.29 bits per heavy atom. The van der Waals surface area contributed by atoms with Crippen molar-refractivity contribution < 1.29 is 4.42 Å². The average Bonchev–Trinajstić information content (AvgIpc) is 2.93. The van der Waals surface area contributed by atoms with E-state index in [0.29, 0.717) is 12.4 Å². The van der Waals surface area contributed by atoms with E-state index in [1.807, 2.05) is 26.1 Å². The molecule has 0 aliphatic carbocycles. The van der Waals surface area contributed by atoms with Gasteiger partial charge in [0.25, 0.3) is 0 Å².